The maximum atomic E-state index is 11.1. The summed E-state index contributed by atoms with van der Waals surface area (Å²) in [6.07, 6.45) is 1.68. The van der Waals surface area contributed by atoms with Crippen molar-refractivity contribution in [2.45, 2.75) is 20.8 Å². The van der Waals surface area contributed by atoms with Gasteiger partial charge in [-0.05, 0) is 26.8 Å². The Bertz CT molecular complexity index is 402. The number of hydrogen-bond donors (Lipinski definition) is 0. The van der Waals surface area contributed by atoms with Gasteiger partial charge in [-0.1, -0.05) is 5.57 Å². The van der Waals surface area contributed by atoms with E-state index in [1.165, 1.54) is 0 Å². The zero-order chi connectivity index (χ0) is 10.0. The van der Waals surface area contributed by atoms with Gasteiger partial charge < -0.3 is 4.74 Å². The van der Waals surface area contributed by atoms with Crippen molar-refractivity contribution in [2.75, 3.05) is 6.61 Å². The van der Waals surface area contributed by atoms with E-state index in [2.05, 4.69) is 0 Å². The number of ether oxygens (including phenoxy) is 1. The molecule has 1 rings (SSSR count). The monoisotopic (exact) mass is 180 g/mol. The lowest BCUT2D eigenvalue weighted by molar-refractivity contribution is 0.332. The van der Waals surface area contributed by atoms with E-state index in [1.54, 1.807) is 13.0 Å². The van der Waals surface area contributed by atoms with E-state index in [9.17, 15) is 9.59 Å². The molecule has 1 aromatic carbocycles. The van der Waals surface area contributed by atoms with Gasteiger partial charge in [-0.3, -0.25) is 9.59 Å². The van der Waals surface area contributed by atoms with Crippen molar-refractivity contribution in [1.82, 2.24) is 0 Å². The summed E-state index contributed by atoms with van der Waals surface area (Å²) in [5, 5.41) is 0. The molecule has 0 aliphatic carbocycles. The molecule has 0 aromatic heterocycles. The van der Waals surface area contributed by atoms with Gasteiger partial charge in [-0.2, -0.15) is 0 Å². The smallest absolute Gasteiger partial charge is 0.268 e. The van der Waals surface area contributed by atoms with E-state index in [4.69, 9.17) is 4.74 Å². The fraction of sp³-hybridized carbons (Fsp3) is 0.400. The number of rotatable bonds is 3. The van der Waals surface area contributed by atoms with Crippen LogP contribution in [0.3, 0.4) is 0 Å². The standard InChI is InChI=1S/C10H12O3/c1-4-13-10-7(5-6(2)3)8(11)9(10)12/h5H,4H2,1-3H3. The first-order chi connectivity index (χ1) is 6.07. The SMILES string of the molecule is CCOc1c(C=C(C)C)c(=O)c1=O. The van der Waals surface area contributed by atoms with Crippen molar-refractivity contribution in [1.29, 1.82) is 0 Å². The molecule has 0 radical (unpaired) electrons. The van der Waals surface area contributed by atoms with Gasteiger partial charge in [-0.25, -0.2) is 0 Å². The average Bonchev–Trinajstić information content (AvgIpc) is 2.10. The molecule has 0 saturated heterocycles. The average molecular weight is 180 g/mol. The third-order valence-electron chi connectivity index (χ3n) is 1.62. The highest BCUT2D eigenvalue weighted by molar-refractivity contribution is 5.62. The quantitative estimate of drug-likeness (QED) is 0.654. The molecule has 0 aliphatic heterocycles. The van der Waals surface area contributed by atoms with Crippen molar-refractivity contribution in [3.05, 3.63) is 31.6 Å². The molecule has 0 unspecified atom stereocenters. The van der Waals surface area contributed by atoms with Crippen LogP contribution in [0.5, 0.6) is 5.75 Å². The summed E-state index contributed by atoms with van der Waals surface area (Å²) in [6, 6.07) is 0. The molecule has 0 saturated carbocycles. The molecule has 3 heteroatoms. The minimum absolute atomic E-state index is 0.216. The predicted molar refractivity (Wildman–Crippen MR) is 51.8 cm³/mol. The summed E-state index contributed by atoms with van der Waals surface area (Å²) in [7, 11) is 0. The van der Waals surface area contributed by atoms with E-state index >= 15 is 0 Å². The first kappa shape index (κ1) is 9.71. The van der Waals surface area contributed by atoms with Crippen molar-refractivity contribution < 1.29 is 4.74 Å². The Balaban J connectivity index is 3.09. The van der Waals surface area contributed by atoms with E-state index in [0.29, 0.717) is 12.2 Å². The number of allylic oxidation sites excluding steroid dienone is 1. The van der Waals surface area contributed by atoms with Crippen LogP contribution in [0.25, 0.3) is 6.08 Å². The molecule has 0 fully saturated rings. The minimum atomic E-state index is -0.505. The molecular formula is C10H12O3. The minimum Gasteiger partial charge on any atom is -0.489 e. The third kappa shape index (κ3) is 1.69. The zero-order valence-corrected chi connectivity index (χ0v) is 8.01. The second-order valence-corrected chi connectivity index (χ2v) is 3.06. The van der Waals surface area contributed by atoms with Crippen molar-refractivity contribution >= 4 is 6.08 Å². The highest BCUT2D eigenvalue weighted by Gasteiger charge is 2.19. The summed E-state index contributed by atoms with van der Waals surface area (Å²) < 4.78 is 5.04. The summed E-state index contributed by atoms with van der Waals surface area (Å²) in [4.78, 5) is 22.0. The predicted octanol–water partition coefficient (Wildman–Crippen LogP) is 1.10. The summed E-state index contributed by atoms with van der Waals surface area (Å²) in [5.41, 5.74) is 0.443. The topological polar surface area (TPSA) is 43.4 Å². The van der Waals surface area contributed by atoms with Crippen LogP contribution >= 0.6 is 0 Å². The lowest BCUT2D eigenvalue weighted by Crippen LogP contribution is -2.35. The first-order valence-corrected chi connectivity index (χ1v) is 4.19. The molecule has 0 spiro atoms. The van der Waals surface area contributed by atoms with Crippen molar-refractivity contribution in [3.8, 4) is 5.75 Å². The van der Waals surface area contributed by atoms with Crippen LogP contribution in [-0.4, -0.2) is 6.61 Å². The second-order valence-electron chi connectivity index (χ2n) is 3.06. The molecule has 70 valence electrons. The highest BCUT2D eigenvalue weighted by Crippen LogP contribution is 2.14. The zero-order valence-electron chi connectivity index (χ0n) is 8.01. The third-order valence-corrected chi connectivity index (χ3v) is 1.62. The fourth-order valence-corrected chi connectivity index (χ4v) is 1.10. The molecule has 1 aromatic rings. The van der Waals surface area contributed by atoms with Gasteiger partial charge in [0.05, 0.1) is 12.2 Å². The maximum absolute atomic E-state index is 11.1. The molecule has 3 nitrogen and oxygen atoms in total. The lowest BCUT2D eigenvalue weighted by atomic mass is 10.1. The van der Waals surface area contributed by atoms with Crippen LogP contribution < -0.4 is 15.6 Å². The van der Waals surface area contributed by atoms with Crippen LogP contribution in [-0.2, 0) is 0 Å². The molecular weight excluding hydrogens is 168 g/mol. The van der Waals surface area contributed by atoms with E-state index in [0.717, 1.165) is 5.57 Å². The maximum Gasteiger partial charge on any atom is 0.268 e. The molecule has 0 bridgehead atoms. The second kappa shape index (κ2) is 3.56. The summed E-state index contributed by atoms with van der Waals surface area (Å²) in [5.74, 6) is 0.216. The summed E-state index contributed by atoms with van der Waals surface area (Å²) in [6.45, 7) is 5.93. The van der Waals surface area contributed by atoms with Gasteiger partial charge in [0.1, 0.15) is 0 Å². The molecule has 0 heterocycles. The molecule has 13 heavy (non-hydrogen) atoms. The van der Waals surface area contributed by atoms with E-state index < -0.39 is 10.9 Å². The first-order valence-electron chi connectivity index (χ1n) is 4.19. The highest BCUT2D eigenvalue weighted by atomic mass is 16.5. The van der Waals surface area contributed by atoms with Gasteiger partial charge in [0.2, 0.25) is 5.43 Å². The van der Waals surface area contributed by atoms with Crippen LogP contribution in [0.4, 0.5) is 0 Å². The Labute approximate surface area is 76.3 Å². The Kier molecular flexibility index (Phi) is 2.66. The molecule has 0 aliphatic rings. The molecule has 0 amide bonds. The van der Waals surface area contributed by atoms with Crippen molar-refractivity contribution in [3.63, 3.8) is 0 Å². The Morgan fingerprint density at radius 2 is 1.92 bits per heavy atom. The van der Waals surface area contributed by atoms with Gasteiger partial charge in [0.25, 0.3) is 5.43 Å². The molecule has 0 atom stereocenters. The Morgan fingerprint density at radius 3 is 2.38 bits per heavy atom. The largest absolute Gasteiger partial charge is 0.489 e. The Hall–Kier alpha value is -1.38. The summed E-state index contributed by atoms with van der Waals surface area (Å²) >= 11 is 0. The molecule has 0 N–H and O–H groups in total. The normalized spacial score (nSPS) is 10.1. The lowest BCUT2D eigenvalue weighted by Gasteiger charge is -2.07. The van der Waals surface area contributed by atoms with Crippen LogP contribution in [0.1, 0.15) is 26.3 Å². The number of hydrogen-bond acceptors (Lipinski definition) is 3. The van der Waals surface area contributed by atoms with Gasteiger partial charge in [-0.15, -0.1) is 0 Å². The van der Waals surface area contributed by atoms with Crippen LogP contribution in [0, 0.1) is 0 Å². The van der Waals surface area contributed by atoms with Crippen LogP contribution in [0.15, 0.2) is 15.2 Å². The van der Waals surface area contributed by atoms with Crippen molar-refractivity contribution in [2.24, 2.45) is 0 Å². The van der Waals surface area contributed by atoms with Gasteiger partial charge in [0, 0.05) is 0 Å². The van der Waals surface area contributed by atoms with Gasteiger partial charge >= 0.3 is 0 Å². The van der Waals surface area contributed by atoms with E-state index in [-0.39, 0.29) is 5.75 Å². The van der Waals surface area contributed by atoms with Gasteiger partial charge in [0.15, 0.2) is 5.75 Å². The van der Waals surface area contributed by atoms with Crippen LogP contribution in [0.2, 0.25) is 0 Å². The Morgan fingerprint density at radius 1 is 1.31 bits per heavy atom. The fourth-order valence-electron chi connectivity index (χ4n) is 1.10. The van der Waals surface area contributed by atoms with E-state index in [1.807, 2.05) is 13.8 Å².